The van der Waals surface area contributed by atoms with Crippen molar-refractivity contribution >= 4 is 44.8 Å². The molecule has 0 aliphatic rings. The van der Waals surface area contributed by atoms with E-state index in [0.717, 1.165) is 15.7 Å². The standard InChI is InChI=1S/C14H12BrCl2NO/c15-9-1-6-12(13(17)7-9)14(8-19)18-11-4-2-10(16)3-5-11/h1-7,14,18-19H,8H2. The van der Waals surface area contributed by atoms with E-state index in [1.54, 1.807) is 12.1 Å². The average Bonchev–Trinajstić information content (AvgIpc) is 2.39. The molecule has 1 unspecified atom stereocenters. The Morgan fingerprint density at radius 2 is 1.79 bits per heavy atom. The highest BCUT2D eigenvalue weighted by Gasteiger charge is 2.14. The Morgan fingerprint density at radius 3 is 2.37 bits per heavy atom. The van der Waals surface area contributed by atoms with E-state index in [1.807, 2.05) is 30.3 Å². The molecule has 19 heavy (non-hydrogen) atoms. The van der Waals surface area contributed by atoms with Crippen LogP contribution in [0.2, 0.25) is 10.0 Å². The van der Waals surface area contributed by atoms with Crippen LogP contribution in [-0.2, 0) is 0 Å². The van der Waals surface area contributed by atoms with E-state index in [1.165, 1.54) is 0 Å². The molecule has 2 N–H and O–H groups in total. The Labute approximate surface area is 130 Å². The van der Waals surface area contributed by atoms with E-state index < -0.39 is 0 Å². The fourth-order valence-electron chi connectivity index (χ4n) is 1.75. The van der Waals surface area contributed by atoms with Crippen LogP contribution in [0.15, 0.2) is 46.9 Å². The van der Waals surface area contributed by atoms with Crippen LogP contribution >= 0.6 is 39.1 Å². The Bertz CT molecular complexity index is 560. The molecule has 2 nitrogen and oxygen atoms in total. The fraction of sp³-hybridized carbons (Fsp3) is 0.143. The highest BCUT2D eigenvalue weighted by atomic mass is 79.9. The van der Waals surface area contributed by atoms with Crippen LogP contribution in [0.4, 0.5) is 5.69 Å². The van der Waals surface area contributed by atoms with E-state index in [0.29, 0.717) is 10.0 Å². The van der Waals surface area contributed by atoms with E-state index in [2.05, 4.69) is 21.2 Å². The third-order valence-electron chi connectivity index (χ3n) is 2.71. The molecule has 0 aliphatic heterocycles. The second-order valence-corrected chi connectivity index (χ2v) is 5.81. The Morgan fingerprint density at radius 1 is 1.11 bits per heavy atom. The molecular formula is C14H12BrCl2NO. The first kappa shape index (κ1) is 14.7. The highest BCUT2D eigenvalue weighted by Crippen LogP contribution is 2.29. The number of aliphatic hydroxyl groups excluding tert-OH is 1. The van der Waals surface area contributed by atoms with Gasteiger partial charge in [0.05, 0.1) is 12.6 Å². The second kappa shape index (κ2) is 6.62. The molecule has 5 heteroatoms. The lowest BCUT2D eigenvalue weighted by Crippen LogP contribution is -2.15. The van der Waals surface area contributed by atoms with Gasteiger partial charge in [-0.2, -0.15) is 0 Å². The monoisotopic (exact) mass is 359 g/mol. The number of anilines is 1. The molecule has 0 aliphatic carbocycles. The van der Waals surface area contributed by atoms with Gasteiger partial charge in [0.2, 0.25) is 0 Å². The lowest BCUT2D eigenvalue weighted by Gasteiger charge is -2.19. The molecule has 0 bridgehead atoms. The fourth-order valence-corrected chi connectivity index (χ4v) is 2.68. The molecule has 0 saturated heterocycles. The van der Waals surface area contributed by atoms with Crippen molar-refractivity contribution in [3.8, 4) is 0 Å². The summed E-state index contributed by atoms with van der Waals surface area (Å²) in [6, 6.07) is 12.6. The van der Waals surface area contributed by atoms with Crippen molar-refractivity contribution in [2.75, 3.05) is 11.9 Å². The SMILES string of the molecule is OCC(Nc1ccc(Cl)cc1)c1ccc(Br)cc1Cl. The normalized spacial score (nSPS) is 12.2. The molecule has 0 amide bonds. The molecule has 2 aromatic carbocycles. The quantitative estimate of drug-likeness (QED) is 0.812. The maximum absolute atomic E-state index is 9.53. The third-order valence-corrected chi connectivity index (χ3v) is 3.78. The molecule has 0 fully saturated rings. The van der Waals surface area contributed by atoms with Crippen LogP contribution in [0.1, 0.15) is 11.6 Å². The van der Waals surface area contributed by atoms with Crippen molar-refractivity contribution < 1.29 is 5.11 Å². The van der Waals surface area contributed by atoms with Gasteiger partial charge in [0.25, 0.3) is 0 Å². The molecule has 0 saturated carbocycles. The van der Waals surface area contributed by atoms with Crippen LogP contribution in [0, 0.1) is 0 Å². The van der Waals surface area contributed by atoms with Gasteiger partial charge in [0.15, 0.2) is 0 Å². The minimum absolute atomic E-state index is 0.0516. The summed E-state index contributed by atoms with van der Waals surface area (Å²) in [4.78, 5) is 0. The molecule has 1 atom stereocenters. The molecule has 2 rings (SSSR count). The summed E-state index contributed by atoms with van der Waals surface area (Å²) in [5.41, 5.74) is 1.73. The highest BCUT2D eigenvalue weighted by molar-refractivity contribution is 9.10. The number of rotatable bonds is 4. The van der Waals surface area contributed by atoms with Crippen molar-refractivity contribution in [1.82, 2.24) is 0 Å². The Kier molecular flexibility index (Phi) is 5.11. The van der Waals surface area contributed by atoms with Gasteiger partial charge in [-0.1, -0.05) is 45.2 Å². The molecule has 0 heterocycles. The van der Waals surface area contributed by atoms with Crippen LogP contribution < -0.4 is 5.32 Å². The predicted molar refractivity (Wildman–Crippen MR) is 84.1 cm³/mol. The summed E-state index contributed by atoms with van der Waals surface area (Å²) in [6.45, 7) is -0.0516. The molecular weight excluding hydrogens is 349 g/mol. The van der Waals surface area contributed by atoms with Gasteiger partial charge in [-0.3, -0.25) is 0 Å². The van der Waals surface area contributed by atoms with E-state index >= 15 is 0 Å². The first-order valence-electron chi connectivity index (χ1n) is 5.68. The minimum atomic E-state index is -0.262. The smallest absolute Gasteiger partial charge is 0.0759 e. The van der Waals surface area contributed by atoms with Crippen LogP contribution in [-0.4, -0.2) is 11.7 Å². The first-order valence-corrected chi connectivity index (χ1v) is 7.23. The maximum atomic E-state index is 9.53. The number of nitrogens with one attached hydrogen (secondary N) is 1. The van der Waals surface area contributed by atoms with E-state index in [-0.39, 0.29) is 12.6 Å². The van der Waals surface area contributed by atoms with E-state index in [4.69, 9.17) is 23.2 Å². The number of benzene rings is 2. The molecule has 0 spiro atoms. The minimum Gasteiger partial charge on any atom is -0.394 e. The third kappa shape index (κ3) is 3.86. The zero-order chi connectivity index (χ0) is 13.8. The molecule has 2 aromatic rings. The van der Waals surface area contributed by atoms with Crippen LogP contribution in [0.5, 0.6) is 0 Å². The van der Waals surface area contributed by atoms with Gasteiger partial charge in [-0.25, -0.2) is 0 Å². The van der Waals surface area contributed by atoms with E-state index in [9.17, 15) is 5.11 Å². The average molecular weight is 361 g/mol. The van der Waals surface area contributed by atoms with Crippen molar-refractivity contribution in [2.24, 2.45) is 0 Å². The largest absolute Gasteiger partial charge is 0.394 e. The second-order valence-electron chi connectivity index (χ2n) is 4.05. The van der Waals surface area contributed by atoms with Gasteiger partial charge in [0, 0.05) is 20.2 Å². The molecule has 100 valence electrons. The molecule has 0 radical (unpaired) electrons. The zero-order valence-electron chi connectivity index (χ0n) is 9.91. The van der Waals surface area contributed by atoms with Crippen LogP contribution in [0.25, 0.3) is 0 Å². The van der Waals surface area contributed by atoms with Crippen LogP contribution in [0.3, 0.4) is 0 Å². The number of aliphatic hydroxyl groups is 1. The van der Waals surface area contributed by atoms with Gasteiger partial charge < -0.3 is 10.4 Å². The molecule has 0 aromatic heterocycles. The lowest BCUT2D eigenvalue weighted by atomic mass is 10.1. The Hall–Kier alpha value is -0.740. The van der Waals surface area contributed by atoms with Gasteiger partial charge in [0.1, 0.15) is 0 Å². The summed E-state index contributed by atoms with van der Waals surface area (Å²) < 4.78 is 0.907. The zero-order valence-corrected chi connectivity index (χ0v) is 13.0. The number of hydrogen-bond donors (Lipinski definition) is 2. The summed E-state index contributed by atoms with van der Waals surface area (Å²) in [5.74, 6) is 0. The predicted octanol–water partition coefficient (Wildman–Crippen LogP) is 4.90. The van der Waals surface area contributed by atoms with Crippen molar-refractivity contribution in [1.29, 1.82) is 0 Å². The first-order chi connectivity index (χ1) is 9.10. The lowest BCUT2D eigenvalue weighted by molar-refractivity contribution is 0.276. The summed E-state index contributed by atoms with van der Waals surface area (Å²) >= 11 is 15.4. The maximum Gasteiger partial charge on any atom is 0.0759 e. The number of hydrogen-bond acceptors (Lipinski definition) is 2. The number of halogens is 3. The van der Waals surface area contributed by atoms with Crippen molar-refractivity contribution in [3.63, 3.8) is 0 Å². The Balaban J connectivity index is 2.22. The summed E-state index contributed by atoms with van der Waals surface area (Å²) in [5, 5.41) is 14.0. The van der Waals surface area contributed by atoms with Crippen molar-refractivity contribution in [3.05, 3.63) is 62.5 Å². The van der Waals surface area contributed by atoms with Gasteiger partial charge in [-0.15, -0.1) is 0 Å². The summed E-state index contributed by atoms with van der Waals surface area (Å²) in [7, 11) is 0. The van der Waals surface area contributed by atoms with Gasteiger partial charge in [-0.05, 0) is 42.0 Å². The topological polar surface area (TPSA) is 32.3 Å². The van der Waals surface area contributed by atoms with Crippen molar-refractivity contribution in [2.45, 2.75) is 6.04 Å². The van der Waals surface area contributed by atoms with Gasteiger partial charge >= 0.3 is 0 Å². The summed E-state index contributed by atoms with van der Waals surface area (Å²) in [6.07, 6.45) is 0.